The molecule has 5 aromatic rings. The minimum atomic E-state index is -4.11. The number of aliphatic carboxylic acids is 1. The van der Waals surface area contributed by atoms with Gasteiger partial charge in [-0.2, -0.15) is 13.0 Å². The van der Waals surface area contributed by atoms with Crippen LogP contribution in [-0.2, 0) is 21.5 Å². The van der Waals surface area contributed by atoms with Gasteiger partial charge < -0.3 is 10.0 Å². The maximum Gasteiger partial charge on any atom is 0.370 e. The number of anilines is 1. The number of carbonyl (C=O) groups is 1. The second-order valence-electron chi connectivity index (χ2n) is 9.24. The average molecular weight is 630 g/mol. The fourth-order valence-corrected chi connectivity index (χ4v) is 8.67. The van der Waals surface area contributed by atoms with Gasteiger partial charge in [0.15, 0.2) is 0 Å². The third-order valence-corrected chi connectivity index (χ3v) is 10.8. The Morgan fingerprint density at radius 1 is 1.10 bits per heavy atom. The third-order valence-electron chi connectivity index (χ3n) is 6.54. The minimum absolute atomic E-state index is 0.220. The Hall–Kier alpha value is -2.93. The van der Waals surface area contributed by atoms with E-state index in [4.69, 9.17) is 11.6 Å². The smallest absolute Gasteiger partial charge is 0.370 e. The molecule has 2 aromatic heterocycles. The summed E-state index contributed by atoms with van der Waals surface area (Å²) in [5.74, 6) is -1.32. The van der Waals surface area contributed by atoms with Gasteiger partial charge in [-0.05, 0) is 58.6 Å². The molecule has 204 valence electrons. The van der Waals surface area contributed by atoms with Crippen LogP contribution in [-0.4, -0.2) is 36.3 Å². The molecule has 0 bridgehead atoms. The molecule has 3 heterocycles. The standard InChI is InChI=1S/C28H21ClN2O5S4/c29-19-6-8-24-22(14-19)31(16-27(32)33)26(39-24)15-25-30(10-2-12-40(34,35)36)21-13-18(5-7-23(21)38-25)20-4-1-3-17-9-11-37-28(17)20/h1,3-9,11,13-15H,2,10,12,16H2,(H-,32,33,34,35,36)/p+1. The van der Waals surface area contributed by atoms with E-state index >= 15 is 0 Å². The predicted octanol–water partition coefficient (Wildman–Crippen LogP) is 7.00. The largest absolute Gasteiger partial charge is 0.477 e. The molecule has 12 heteroatoms. The lowest BCUT2D eigenvalue weighted by Gasteiger charge is -2.20. The zero-order valence-electron chi connectivity index (χ0n) is 20.8. The first-order valence-electron chi connectivity index (χ1n) is 12.2. The zero-order chi connectivity index (χ0) is 28.0. The van der Waals surface area contributed by atoms with Gasteiger partial charge in [0, 0.05) is 27.2 Å². The number of fused-ring (bicyclic) bond motifs is 3. The maximum absolute atomic E-state index is 11.7. The van der Waals surface area contributed by atoms with E-state index in [-0.39, 0.29) is 18.7 Å². The minimum Gasteiger partial charge on any atom is -0.477 e. The Kier molecular flexibility index (Phi) is 7.36. The topological polar surface area (TPSA) is 98.8 Å². The van der Waals surface area contributed by atoms with E-state index in [1.807, 2.05) is 23.1 Å². The normalized spacial score (nSPS) is 14.4. The molecule has 6 rings (SSSR count). The number of halogens is 1. The molecule has 0 unspecified atom stereocenters. The average Bonchev–Trinajstić information content (AvgIpc) is 3.59. The van der Waals surface area contributed by atoms with Crippen LogP contribution in [0.3, 0.4) is 0 Å². The molecular weight excluding hydrogens is 608 g/mol. The number of rotatable bonds is 8. The van der Waals surface area contributed by atoms with Gasteiger partial charge in [0.25, 0.3) is 15.1 Å². The van der Waals surface area contributed by atoms with Gasteiger partial charge in [-0.15, -0.1) is 11.3 Å². The lowest BCUT2D eigenvalue weighted by molar-refractivity contribution is -0.657. The van der Waals surface area contributed by atoms with Crippen LogP contribution in [0.4, 0.5) is 5.69 Å². The highest BCUT2D eigenvalue weighted by molar-refractivity contribution is 8.03. The molecule has 1 aliphatic rings. The molecule has 0 atom stereocenters. The van der Waals surface area contributed by atoms with Crippen LogP contribution in [0.5, 0.6) is 0 Å². The number of thioether (sulfide) groups is 1. The number of thiazole rings is 1. The molecule has 1 aliphatic heterocycles. The van der Waals surface area contributed by atoms with Crippen molar-refractivity contribution in [1.29, 1.82) is 0 Å². The van der Waals surface area contributed by atoms with Crippen LogP contribution in [0.25, 0.3) is 37.5 Å². The van der Waals surface area contributed by atoms with Crippen LogP contribution in [0.1, 0.15) is 11.4 Å². The van der Waals surface area contributed by atoms with E-state index in [2.05, 4.69) is 41.8 Å². The molecule has 0 amide bonds. The second kappa shape index (κ2) is 10.8. The Labute approximate surface area is 247 Å². The van der Waals surface area contributed by atoms with Crippen molar-refractivity contribution >= 4 is 94.2 Å². The highest BCUT2D eigenvalue weighted by Gasteiger charge is 2.29. The van der Waals surface area contributed by atoms with Crippen molar-refractivity contribution in [2.24, 2.45) is 0 Å². The number of thiophene rings is 1. The van der Waals surface area contributed by atoms with E-state index < -0.39 is 16.1 Å². The Balaban J connectivity index is 1.45. The van der Waals surface area contributed by atoms with Crippen LogP contribution >= 0.6 is 46.0 Å². The van der Waals surface area contributed by atoms with E-state index in [9.17, 15) is 22.9 Å². The summed E-state index contributed by atoms with van der Waals surface area (Å²) in [6.45, 7) is 0.128. The SMILES string of the molecule is O=C(O)C[n+]1c(C=C2Sc3ccc(-c4cccc5ccsc45)cc3N2CCCS(=O)(=O)O)sc2ccc(Cl)cc21. The van der Waals surface area contributed by atoms with Gasteiger partial charge in [-0.1, -0.05) is 59.0 Å². The maximum atomic E-state index is 11.7. The van der Waals surface area contributed by atoms with Crippen LogP contribution in [0.15, 0.2) is 76.0 Å². The Bertz CT molecular complexity index is 1930. The Morgan fingerprint density at radius 2 is 1.95 bits per heavy atom. The molecule has 0 saturated heterocycles. The van der Waals surface area contributed by atoms with Gasteiger partial charge in [-0.25, -0.2) is 4.79 Å². The first-order valence-corrected chi connectivity index (χ1v) is 16.7. The summed E-state index contributed by atoms with van der Waals surface area (Å²) in [7, 11) is -4.11. The third kappa shape index (κ3) is 5.50. The quantitative estimate of drug-likeness (QED) is 0.141. The van der Waals surface area contributed by atoms with E-state index in [1.165, 1.54) is 21.4 Å². The summed E-state index contributed by atoms with van der Waals surface area (Å²) in [5, 5.41) is 15.0. The monoisotopic (exact) mass is 629 g/mol. The van der Waals surface area contributed by atoms with Crippen molar-refractivity contribution < 1.29 is 27.4 Å². The van der Waals surface area contributed by atoms with Crippen LogP contribution in [0.2, 0.25) is 5.02 Å². The zero-order valence-corrected chi connectivity index (χ0v) is 24.8. The molecule has 3 aromatic carbocycles. The first-order chi connectivity index (χ1) is 19.2. The van der Waals surface area contributed by atoms with Crippen molar-refractivity contribution in [3.8, 4) is 11.1 Å². The molecule has 0 fully saturated rings. The van der Waals surface area contributed by atoms with Crippen molar-refractivity contribution in [3.63, 3.8) is 0 Å². The first kappa shape index (κ1) is 27.3. The summed E-state index contributed by atoms with van der Waals surface area (Å²) in [5.41, 5.74) is 3.84. The molecule has 0 aliphatic carbocycles. The summed E-state index contributed by atoms with van der Waals surface area (Å²) in [6.07, 6.45) is 2.16. The summed E-state index contributed by atoms with van der Waals surface area (Å²) >= 11 is 10.9. The molecule has 2 N–H and O–H groups in total. The summed E-state index contributed by atoms with van der Waals surface area (Å²) in [6, 6.07) is 20.0. The van der Waals surface area contributed by atoms with Crippen molar-refractivity contribution in [1.82, 2.24) is 0 Å². The van der Waals surface area contributed by atoms with Crippen molar-refractivity contribution in [2.45, 2.75) is 17.9 Å². The van der Waals surface area contributed by atoms with Gasteiger partial charge >= 0.3 is 5.97 Å². The number of aromatic nitrogens is 1. The number of benzene rings is 3. The van der Waals surface area contributed by atoms with Crippen molar-refractivity contribution in [2.75, 3.05) is 17.2 Å². The number of carboxylic acids is 1. The fourth-order valence-electron chi connectivity index (χ4n) is 4.82. The summed E-state index contributed by atoms with van der Waals surface area (Å²) < 4.78 is 36.1. The van der Waals surface area contributed by atoms with Crippen molar-refractivity contribution in [3.05, 3.63) is 81.1 Å². The van der Waals surface area contributed by atoms with Gasteiger partial charge in [0.05, 0.1) is 22.5 Å². The second-order valence-corrected chi connectivity index (χ2v) is 14.3. The molecule has 0 spiro atoms. The van der Waals surface area contributed by atoms with Crippen LogP contribution < -0.4 is 9.47 Å². The molecule has 40 heavy (non-hydrogen) atoms. The lowest BCUT2D eigenvalue weighted by atomic mass is 10.0. The van der Waals surface area contributed by atoms with E-state index in [0.29, 0.717) is 11.6 Å². The lowest BCUT2D eigenvalue weighted by Crippen LogP contribution is -2.39. The highest BCUT2D eigenvalue weighted by atomic mass is 35.5. The molecule has 0 saturated carbocycles. The van der Waals surface area contributed by atoms with Gasteiger partial charge in [0.1, 0.15) is 4.70 Å². The Morgan fingerprint density at radius 3 is 2.75 bits per heavy atom. The fraction of sp³-hybridized carbons (Fsp3) is 0.143. The van der Waals surface area contributed by atoms with E-state index in [0.717, 1.165) is 42.0 Å². The highest BCUT2D eigenvalue weighted by Crippen LogP contribution is 2.49. The molecule has 0 radical (unpaired) electrons. The number of carboxylic acid groups (broad SMARTS) is 1. The number of hydrogen-bond donors (Lipinski definition) is 2. The van der Waals surface area contributed by atoms with Crippen LogP contribution in [0, 0.1) is 0 Å². The molecular formula is C28H22ClN2O5S4+. The van der Waals surface area contributed by atoms with E-state index in [1.54, 1.807) is 39.8 Å². The number of nitrogens with zero attached hydrogens (tertiary/aromatic N) is 2. The predicted molar refractivity (Wildman–Crippen MR) is 164 cm³/mol. The number of hydrogen-bond acceptors (Lipinski definition) is 7. The summed E-state index contributed by atoms with van der Waals surface area (Å²) in [4.78, 5) is 14.8. The van der Waals surface area contributed by atoms with Gasteiger partial charge in [-0.3, -0.25) is 4.55 Å². The van der Waals surface area contributed by atoms with Gasteiger partial charge in [0.2, 0.25) is 12.1 Å². The molecule has 7 nitrogen and oxygen atoms in total.